The fraction of sp³-hybridized carbons (Fsp3) is 0.619. The summed E-state index contributed by atoms with van der Waals surface area (Å²) in [5, 5.41) is 0. The van der Waals surface area contributed by atoms with Gasteiger partial charge in [0, 0.05) is 0 Å². The van der Waals surface area contributed by atoms with E-state index in [1.165, 1.54) is 56.1 Å². The summed E-state index contributed by atoms with van der Waals surface area (Å²) in [5.74, 6) is 2.83. The van der Waals surface area contributed by atoms with Gasteiger partial charge in [-0.3, -0.25) is 0 Å². The van der Waals surface area contributed by atoms with Crippen molar-refractivity contribution < 1.29 is 4.74 Å². The highest BCUT2D eigenvalue weighted by Crippen LogP contribution is 2.34. The first-order valence-electron chi connectivity index (χ1n) is 9.19. The normalized spacial score (nSPS) is 18.4. The van der Waals surface area contributed by atoms with Crippen molar-refractivity contribution in [3.05, 3.63) is 35.9 Å². The highest BCUT2D eigenvalue weighted by atomic mass is 16.5. The van der Waals surface area contributed by atoms with Crippen molar-refractivity contribution in [1.29, 1.82) is 0 Å². The molecular formula is C21H32O. The van der Waals surface area contributed by atoms with Crippen LogP contribution in [0.2, 0.25) is 0 Å². The first-order chi connectivity index (χ1) is 10.8. The molecule has 0 heterocycles. The Labute approximate surface area is 136 Å². The van der Waals surface area contributed by atoms with Crippen LogP contribution in [0.4, 0.5) is 0 Å². The summed E-state index contributed by atoms with van der Waals surface area (Å²) < 4.78 is 5.52. The molecular weight excluding hydrogens is 268 g/mol. The zero-order chi connectivity index (χ0) is 15.8. The molecule has 0 spiro atoms. The van der Waals surface area contributed by atoms with Crippen LogP contribution in [-0.2, 0) is 0 Å². The lowest BCUT2D eigenvalue weighted by molar-refractivity contribution is 0.340. The smallest absolute Gasteiger partial charge is 0.119 e. The van der Waals surface area contributed by atoms with Crippen molar-refractivity contribution in [2.75, 3.05) is 6.61 Å². The fourth-order valence-corrected chi connectivity index (χ4v) is 3.51. The molecule has 0 aromatic heterocycles. The number of hydrogen-bond acceptors (Lipinski definition) is 1. The highest BCUT2D eigenvalue weighted by molar-refractivity contribution is 5.66. The molecule has 1 unspecified atom stereocenters. The third-order valence-electron chi connectivity index (χ3n) is 5.19. The Kier molecular flexibility index (Phi) is 7.02. The highest BCUT2D eigenvalue weighted by Gasteiger charge is 2.16. The van der Waals surface area contributed by atoms with Gasteiger partial charge in [-0.1, -0.05) is 51.3 Å². The summed E-state index contributed by atoms with van der Waals surface area (Å²) in [4.78, 5) is 0. The predicted octanol–water partition coefficient (Wildman–Crippen LogP) is 6.49. The second-order valence-electron chi connectivity index (χ2n) is 6.59. The summed E-state index contributed by atoms with van der Waals surface area (Å²) >= 11 is 0. The van der Waals surface area contributed by atoms with Gasteiger partial charge in [0.1, 0.15) is 5.75 Å². The van der Waals surface area contributed by atoms with E-state index in [0.717, 1.165) is 24.2 Å². The van der Waals surface area contributed by atoms with E-state index in [-0.39, 0.29) is 0 Å². The third-order valence-corrected chi connectivity index (χ3v) is 5.19. The monoisotopic (exact) mass is 300 g/mol. The van der Waals surface area contributed by atoms with E-state index < -0.39 is 0 Å². The van der Waals surface area contributed by atoms with Crippen LogP contribution in [0.15, 0.2) is 30.3 Å². The van der Waals surface area contributed by atoms with Gasteiger partial charge in [-0.15, -0.1) is 0 Å². The van der Waals surface area contributed by atoms with Crippen molar-refractivity contribution in [2.24, 2.45) is 11.8 Å². The van der Waals surface area contributed by atoms with Crippen LogP contribution in [0.25, 0.3) is 5.57 Å². The van der Waals surface area contributed by atoms with Gasteiger partial charge in [-0.05, 0) is 67.7 Å². The van der Waals surface area contributed by atoms with Crippen LogP contribution in [0.5, 0.6) is 5.75 Å². The second kappa shape index (κ2) is 9.02. The van der Waals surface area contributed by atoms with Crippen molar-refractivity contribution in [1.82, 2.24) is 0 Å². The number of ether oxygens (including phenoxy) is 1. The van der Waals surface area contributed by atoms with Crippen molar-refractivity contribution in [2.45, 2.75) is 65.7 Å². The van der Waals surface area contributed by atoms with Gasteiger partial charge in [0.05, 0.1) is 6.61 Å². The average molecular weight is 300 g/mol. The summed E-state index contributed by atoms with van der Waals surface area (Å²) in [7, 11) is 0. The van der Waals surface area contributed by atoms with Gasteiger partial charge >= 0.3 is 0 Å². The first kappa shape index (κ1) is 17.1. The zero-order valence-corrected chi connectivity index (χ0v) is 14.6. The molecule has 0 saturated carbocycles. The molecule has 0 bridgehead atoms. The Bertz CT molecular complexity index is 453. The minimum atomic E-state index is 0.736. The molecule has 2 rings (SSSR count). The maximum atomic E-state index is 5.52. The maximum absolute atomic E-state index is 5.52. The van der Waals surface area contributed by atoms with Crippen molar-refractivity contribution in [3.8, 4) is 5.75 Å². The molecule has 0 N–H and O–H groups in total. The van der Waals surface area contributed by atoms with Gasteiger partial charge in [0.15, 0.2) is 0 Å². The standard InChI is InChI=1S/C21H32O/c1-4-17(5-2)7-8-18-9-11-19(12-10-18)20-13-15-21(16-14-20)22-6-3/h11,13-18H,4-10,12H2,1-3H3. The number of benzene rings is 1. The first-order valence-corrected chi connectivity index (χ1v) is 9.19. The Balaban J connectivity index is 1.85. The van der Waals surface area contributed by atoms with Crippen molar-refractivity contribution in [3.63, 3.8) is 0 Å². The van der Waals surface area contributed by atoms with Crippen LogP contribution < -0.4 is 4.74 Å². The number of allylic oxidation sites excluding steroid dienone is 2. The summed E-state index contributed by atoms with van der Waals surface area (Å²) in [5.41, 5.74) is 2.91. The molecule has 1 heteroatoms. The largest absolute Gasteiger partial charge is 0.494 e. The minimum absolute atomic E-state index is 0.736. The molecule has 22 heavy (non-hydrogen) atoms. The van der Waals surface area contributed by atoms with E-state index in [0.29, 0.717) is 0 Å². The van der Waals surface area contributed by atoms with E-state index in [1.54, 1.807) is 0 Å². The summed E-state index contributed by atoms with van der Waals surface area (Å²) in [6, 6.07) is 8.61. The van der Waals surface area contributed by atoms with Gasteiger partial charge in [-0.25, -0.2) is 0 Å². The van der Waals surface area contributed by atoms with E-state index >= 15 is 0 Å². The summed E-state index contributed by atoms with van der Waals surface area (Å²) in [6.45, 7) is 7.43. The molecule has 1 aliphatic rings. The topological polar surface area (TPSA) is 9.23 Å². The summed E-state index contributed by atoms with van der Waals surface area (Å²) in [6.07, 6.45) is 11.9. The van der Waals surface area contributed by atoms with Crippen LogP contribution in [-0.4, -0.2) is 6.61 Å². The van der Waals surface area contributed by atoms with Crippen molar-refractivity contribution >= 4 is 5.57 Å². The molecule has 0 fully saturated rings. The third kappa shape index (κ3) is 4.90. The van der Waals surface area contributed by atoms with Gasteiger partial charge in [0.25, 0.3) is 0 Å². The van der Waals surface area contributed by atoms with Gasteiger partial charge in [-0.2, -0.15) is 0 Å². The van der Waals surface area contributed by atoms with Gasteiger partial charge in [0.2, 0.25) is 0 Å². The van der Waals surface area contributed by atoms with Gasteiger partial charge < -0.3 is 4.74 Å². The second-order valence-corrected chi connectivity index (χ2v) is 6.59. The van der Waals surface area contributed by atoms with E-state index in [4.69, 9.17) is 4.74 Å². The minimum Gasteiger partial charge on any atom is -0.494 e. The Morgan fingerprint density at radius 2 is 1.82 bits per heavy atom. The van der Waals surface area contributed by atoms with E-state index in [1.807, 2.05) is 6.92 Å². The molecule has 1 aromatic carbocycles. The SMILES string of the molecule is CCOc1ccc(C2=CCC(CCC(CC)CC)CC2)cc1. The molecule has 0 amide bonds. The molecule has 122 valence electrons. The molecule has 0 saturated heterocycles. The fourth-order valence-electron chi connectivity index (χ4n) is 3.51. The number of hydrogen-bond donors (Lipinski definition) is 0. The Morgan fingerprint density at radius 1 is 1.09 bits per heavy atom. The average Bonchev–Trinajstić information content (AvgIpc) is 2.57. The molecule has 1 aliphatic carbocycles. The maximum Gasteiger partial charge on any atom is 0.119 e. The molecule has 0 aliphatic heterocycles. The lowest BCUT2D eigenvalue weighted by Gasteiger charge is -2.24. The van der Waals surface area contributed by atoms with E-state index in [2.05, 4.69) is 44.2 Å². The van der Waals surface area contributed by atoms with Crippen LogP contribution in [0.3, 0.4) is 0 Å². The Morgan fingerprint density at radius 3 is 2.36 bits per heavy atom. The lowest BCUT2D eigenvalue weighted by Crippen LogP contribution is -2.08. The van der Waals surface area contributed by atoms with Crippen LogP contribution >= 0.6 is 0 Å². The molecule has 0 radical (unpaired) electrons. The van der Waals surface area contributed by atoms with E-state index in [9.17, 15) is 0 Å². The predicted molar refractivity (Wildman–Crippen MR) is 96.2 cm³/mol. The molecule has 1 atom stereocenters. The van der Waals surface area contributed by atoms with Crippen LogP contribution in [0, 0.1) is 11.8 Å². The molecule has 1 aromatic rings. The molecule has 1 nitrogen and oxygen atoms in total. The zero-order valence-electron chi connectivity index (χ0n) is 14.6. The lowest BCUT2D eigenvalue weighted by atomic mass is 9.82. The number of rotatable bonds is 8. The Hall–Kier alpha value is -1.24. The quantitative estimate of drug-likeness (QED) is 0.533. The van der Waals surface area contributed by atoms with Crippen LogP contribution in [0.1, 0.15) is 71.3 Å².